The highest BCUT2D eigenvalue weighted by atomic mass is 32.2. The second-order valence-corrected chi connectivity index (χ2v) is 9.38. The third kappa shape index (κ3) is 4.38. The molecule has 8 heteroatoms. The van der Waals surface area contributed by atoms with Gasteiger partial charge in [-0.15, -0.1) is 0 Å². The first-order chi connectivity index (χ1) is 15.3. The Morgan fingerprint density at radius 2 is 1.62 bits per heavy atom. The number of carbonyl (C=O) groups excluding carboxylic acids is 1. The summed E-state index contributed by atoms with van der Waals surface area (Å²) in [6.45, 7) is 11.6. The quantitative estimate of drug-likeness (QED) is 0.496. The van der Waals surface area contributed by atoms with Crippen molar-refractivity contribution in [1.82, 2.24) is 4.31 Å². The van der Waals surface area contributed by atoms with Gasteiger partial charge in [0.25, 0.3) is 5.91 Å². The fourth-order valence-electron chi connectivity index (χ4n) is 3.90. The van der Waals surface area contributed by atoms with E-state index in [0.717, 1.165) is 16.6 Å². The summed E-state index contributed by atoms with van der Waals surface area (Å²) in [6, 6.07) is 12.4. The van der Waals surface area contributed by atoms with E-state index in [9.17, 15) is 13.2 Å². The van der Waals surface area contributed by atoms with E-state index in [2.05, 4.69) is 10.2 Å². The molecule has 172 valence electrons. The summed E-state index contributed by atoms with van der Waals surface area (Å²) >= 11 is 0. The summed E-state index contributed by atoms with van der Waals surface area (Å²) in [5, 5.41) is 3.78. The first-order valence-corrected chi connectivity index (χ1v) is 12.4. The monoisotopic (exact) mass is 457 g/mol. The molecule has 0 aliphatic rings. The van der Waals surface area contributed by atoms with Gasteiger partial charge in [0.2, 0.25) is 10.0 Å². The highest BCUT2D eigenvalue weighted by molar-refractivity contribution is 7.89. The standard InChI is InChI=1S/C24H31N3O4S/c1-6-26(7-2)21-15-14-18(32(29,30)27(8-3)9-4)16-20(21)25-24(28)23-17(5)19-12-10-11-13-22(19)31-23/h10-16H,6-9H2,1-5H3,(H,25,28). The lowest BCUT2D eigenvalue weighted by molar-refractivity contribution is 0.0998. The maximum atomic E-state index is 13.2. The van der Waals surface area contributed by atoms with E-state index >= 15 is 0 Å². The van der Waals surface area contributed by atoms with Gasteiger partial charge in [-0.3, -0.25) is 4.79 Å². The van der Waals surface area contributed by atoms with Crippen LogP contribution in [0.15, 0.2) is 51.8 Å². The van der Waals surface area contributed by atoms with Crippen LogP contribution in [0.3, 0.4) is 0 Å². The van der Waals surface area contributed by atoms with Crippen LogP contribution in [0.25, 0.3) is 11.0 Å². The van der Waals surface area contributed by atoms with Crippen LogP contribution >= 0.6 is 0 Å². The number of rotatable bonds is 9. The molecule has 1 amide bonds. The summed E-state index contributed by atoms with van der Waals surface area (Å²) in [6.07, 6.45) is 0. The SMILES string of the molecule is CCN(CC)c1ccc(S(=O)(=O)N(CC)CC)cc1NC(=O)c1oc2ccccc2c1C. The number of hydrogen-bond acceptors (Lipinski definition) is 5. The van der Waals surface area contributed by atoms with Crippen molar-refractivity contribution < 1.29 is 17.6 Å². The minimum Gasteiger partial charge on any atom is -0.451 e. The van der Waals surface area contributed by atoms with Gasteiger partial charge in [-0.25, -0.2) is 8.42 Å². The molecule has 0 bridgehead atoms. The summed E-state index contributed by atoms with van der Waals surface area (Å²) in [5.41, 5.74) is 2.58. The van der Waals surface area contributed by atoms with E-state index < -0.39 is 15.9 Å². The molecule has 2 aromatic carbocycles. The molecular weight excluding hydrogens is 426 g/mol. The number of amides is 1. The predicted molar refractivity (Wildman–Crippen MR) is 129 cm³/mol. The number of benzene rings is 2. The summed E-state index contributed by atoms with van der Waals surface area (Å²) in [7, 11) is -3.67. The van der Waals surface area contributed by atoms with E-state index in [0.29, 0.717) is 37.4 Å². The third-order valence-corrected chi connectivity index (χ3v) is 7.76. The average molecular weight is 458 g/mol. The Kier molecular flexibility index (Phi) is 7.26. The Hall–Kier alpha value is -2.84. The van der Waals surface area contributed by atoms with Crippen molar-refractivity contribution in [2.45, 2.75) is 39.5 Å². The van der Waals surface area contributed by atoms with E-state index in [1.165, 1.54) is 10.4 Å². The molecule has 3 aromatic rings. The number of nitrogens with one attached hydrogen (secondary N) is 1. The topological polar surface area (TPSA) is 82.9 Å². The molecule has 0 atom stereocenters. The van der Waals surface area contributed by atoms with Gasteiger partial charge >= 0.3 is 0 Å². The summed E-state index contributed by atoms with van der Waals surface area (Å²) in [4.78, 5) is 15.4. The van der Waals surface area contributed by atoms with E-state index in [1.807, 2.05) is 45.0 Å². The lowest BCUT2D eigenvalue weighted by Gasteiger charge is -2.25. The first kappa shape index (κ1) is 23.8. The van der Waals surface area contributed by atoms with Crippen molar-refractivity contribution >= 4 is 38.3 Å². The van der Waals surface area contributed by atoms with E-state index in [-0.39, 0.29) is 10.7 Å². The van der Waals surface area contributed by atoms with E-state index in [1.54, 1.807) is 26.0 Å². The maximum absolute atomic E-state index is 13.2. The minimum atomic E-state index is -3.67. The largest absolute Gasteiger partial charge is 0.451 e. The lowest BCUT2D eigenvalue weighted by Crippen LogP contribution is -2.31. The average Bonchev–Trinajstić information content (AvgIpc) is 3.13. The second-order valence-electron chi connectivity index (χ2n) is 7.45. The normalized spacial score (nSPS) is 11.8. The molecule has 32 heavy (non-hydrogen) atoms. The molecule has 0 spiro atoms. The van der Waals surface area contributed by atoms with Crippen molar-refractivity contribution in [3.05, 3.63) is 53.8 Å². The maximum Gasteiger partial charge on any atom is 0.291 e. The number of aryl methyl sites for hydroxylation is 1. The summed E-state index contributed by atoms with van der Waals surface area (Å²) in [5.74, 6) is -0.196. The molecule has 1 aromatic heterocycles. The minimum absolute atomic E-state index is 0.147. The van der Waals surface area contributed by atoms with Gasteiger partial charge in [-0.2, -0.15) is 4.31 Å². The predicted octanol–water partition coefficient (Wildman–Crippen LogP) is 4.87. The number of carbonyl (C=O) groups is 1. The Labute approximate surface area is 190 Å². The van der Waals surface area contributed by atoms with Crippen molar-refractivity contribution in [2.24, 2.45) is 0 Å². The number of para-hydroxylation sites is 1. The Balaban J connectivity index is 2.07. The Bertz CT molecular complexity index is 1210. The molecule has 0 fully saturated rings. The van der Waals surface area contributed by atoms with Gasteiger partial charge in [0.15, 0.2) is 5.76 Å². The number of furan rings is 1. The molecule has 1 N–H and O–H groups in total. The van der Waals surface area contributed by atoms with Gasteiger partial charge in [0, 0.05) is 37.1 Å². The summed E-state index contributed by atoms with van der Waals surface area (Å²) < 4.78 is 33.4. The highest BCUT2D eigenvalue weighted by Crippen LogP contribution is 2.32. The third-order valence-electron chi connectivity index (χ3n) is 5.71. The van der Waals surface area contributed by atoms with E-state index in [4.69, 9.17) is 4.42 Å². The molecule has 0 saturated carbocycles. The van der Waals surface area contributed by atoms with Crippen LogP contribution in [0, 0.1) is 6.92 Å². The number of nitrogens with zero attached hydrogens (tertiary/aromatic N) is 2. The number of hydrogen-bond donors (Lipinski definition) is 1. The van der Waals surface area contributed by atoms with Gasteiger partial charge in [0.1, 0.15) is 5.58 Å². The molecule has 1 heterocycles. The van der Waals surface area contributed by atoms with Gasteiger partial charge < -0.3 is 14.6 Å². The molecule has 0 unspecified atom stereocenters. The molecule has 0 aliphatic heterocycles. The number of anilines is 2. The van der Waals surface area contributed by atoms with Crippen LogP contribution in [0.1, 0.15) is 43.8 Å². The zero-order valence-electron chi connectivity index (χ0n) is 19.3. The fraction of sp³-hybridized carbons (Fsp3) is 0.375. The fourth-order valence-corrected chi connectivity index (χ4v) is 5.38. The smallest absolute Gasteiger partial charge is 0.291 e. The Morgan fingerprint density at radius 1 is 0.969 bits per heavy atom. The molecule has 0 aliphatic carbocycles. The highest BCUT2D eigenvalue weighted by Gasteiger charge is 2.25. The molecule has 3 rings (SSSR count). The van der Waals surface area contributed by atoms with Crippen LogP contribution in [-0.4, -0.2) is 44.8 Å². The number of fused-ring (bicyclic) bond motifs is 1. The zero-order chi connectivity index (χ0) is 23.5. The van der Waals surface area contributed by atoms with Crippen molar-refractivity contribution in [3.63, 3.8) is 0 Å². The van der Waals surface area contributed by atoms with Crippen LogP contribution in [0.5, 0.6) is 0 Å². The van der Waals surface area contributed by atoms with Crippen LogP contribution in [-0.2, 0) is 10.0 Å². The van der Waals surface area contributed by atoms with Gasteiger partial charge in [-0.1, -0.05) is 32.0 Å². The molecular formula is C24H31N3O4S. The lowest BCUT2D eigenvalue weighted by atomic mass is 10.1. The number of sulfonamides is 1. The molecule has 0 saturated heterocycles. The first-order valence-electron chi connectivity index (χ1n) is 11.0. The second kappa shape index (κ2) is 9.75. The van der Waals surface area contributed by atoms with Crippen molar-refractivity contribution in [1.29, 1.82) is 0 Å². The molecule has 7 nitrogen and oxygen atoms in total. The van der Waals surface area contributed by atoms with Gasteiger partial charge in [0.05, 0.1) is 16.3 Å². The molecule has 0 radical (unpaired) electrons. The van der Waals surface area contributed by atoms with Crippen LogP contribution < -0.4 is 10.2 Å². The van der Waals surface area contributed by atoms with Crippen LogP contribution in [0.4, 0.5) is 11.4 Å². The zero-order valence-corrected chi connectivity index (χ0v) is 20.1. The van der Waals surface area contributed by atoms with Crippen molar-refractivity contribution in [3.8, 4) is 0 Å². The van der Waals surface area contributed by atoms with Crippen molar-refractivity contribution in [2.75, 3.05) is 36.4 Å². The van der Waals surface area contributed by atoms with Crippen LogP contribution in [0.2, 0.25) is 0 Å². The Morgan fingerprint density at radius 3 is 2.22 bits per heavy atom. The van der Waals surface area contributed by atoms with Gasteiger partial charge in [-0.05, 0) is 45.0 Å².